The van der Waals surface area contributed by atoms with Gasteiger partial charge in [-0.1, -0.05) is 12.1 Å². The molecule has 15 heavy (non-hydrogen) atoms. The summed E-state index contributed by atoms with van der Waals surface area (Å²) in [7, 11) is 0. The van der Waals surface area contributed by atoms with E-state index < -0.39 is 6.00 Å². The van der Waals surface area contributed by atoms with Gasteiger partial charge in [-0.3, -0.25) is 0 Å². The maximum absolute atomic E-state index is 5.87. The SMILES string of the molecule is CC(C)(C)Oc1ccc([Si](Cl)(Cl)Cl)cc1. The molecule has 1 aromatic rings. The van der Waals surface area contributed by atoms with Crippen LogP contribution in [-0.2, 0) is 0 Å². The molecule has 0 aliphatic carbocycles. The average molecular weight is 284 g/mol. The topological polar surface area (TPSA) is 9.23 Å². The Morgan fingerprint density at radius 3 is 1.80 bits per heavy atom. The van der Waals surface area contributed by atoms with Gasteiger partial charge < -0.3 is 4.74 Å². The van der Waals surface area contributed by atoms with Crippen LogP contribution in [0.2, 0.25) is 0 Å². The summed E-state index contributed by atoms with van der Waals surface area (Å²) in [6.07, 6.45) is 0. The predicted octanol–water partition coefficient (Wildman–Crippen LogP) is 3.73. The van der Waals surface area contributed by atoms with Gasteiger partial charge in [0.25, 0.3) is 0 Å². The van der Waals surface area contributed by atoms with E-state index in [0.29, 0.717) is 0 Å². The fourth-order valence-corrected chi connectivity index (χ4v) is 2.74. The quantitative estimate of drug-likeness (QED) is 0.594. The molecule has 0 aliphatic heterocycles. The highest BCUT2D eigenvalue weighted by Gasteiger charge is 2.27. The summed E-state index contributed by atoms with van der Waals surface area (Å²) in [5.41, 5.74) is -0.209. The Morgan fingerprint density at radius 1 is 1.00 bits per heavy atom. The smallest absolute Gasteiger partial charge is 0.372 e. The van der Waals surface area contributed by atoms with E-state index in [1.165, 1.54) is 0 Å². The van der Waals surface area contributed by atoms with E-state index >= 15 is 0 Å². The van der Waals surface area contributed by atoms with Crippen LogP contribution in [0.5, 0.6) is 5.75 Å². The van der Waals surface area contributed by atoms with Crippen LogP contribution in [-0.4, -0.2) is 11.6 Å². The first-order chi connectivity index (χ1) is 6.68. The Morgan fingerprint density at radius 2 is 1.47 bits per heavy atom. The predicted molar refractivity (Wildman–Crippen MR) is 69.8 cm³/mol. The monoisotopic (exact) mass is 282 g/mol. The van der Waals surface area contributed by atoms with Crippen molar-refractivity contribution in [3.8, 4) is 5.75 Å². The molecule has 0 fully saturated rings. The van der Waals surface area contributed by atoms with Crippen LogP contribution in [0.1, 0.15) is 20.8 Å². The second-order valence-corrected chi connectivity index (χ2v) is 12.7. The van der Waals surface area contributed by atoms with Gasteiger partial charge in [0, 0.05) is 0 Å². The molecule has 0 atom stereocenters. The molecule has 84 valence electrons. The van der Waals surface area contributed by atoms with Gasteiger partial charge in [0.2, 0.25) is 0 Å². The van der Waals surface area contributed by atoms with Gasteiger partial charge in [0.15, 0.2) is 0 Å². The molecule has 1 rings (SSSR count). The first kappa shape index (κ1) is 13.2. The van der Waals surface area contributed by atoms with Crippen molar-refractivity contribution in [2.45, 2.75) is 26.4 Å². The summed E-state index contributed by atoms with van der Waals surface area (Å²) in [4.78, 5) is 0. The van der Waals surface area contributed by atoms with E-state index in [1.54, 1.807) is 12.1 Å². The van der Waals surface area contributed by atoms with Crippen molar-refractivity contribution in [2.75, 3.05) is 0 Å². The Labute approximate surface area is 105 Å². The molecule has 0 aromatic heterocycles. The Bertz CT molecular complexity index is 324. The summed E-state index contributed by atoms with van der Waals surface area (Å²) >= 11 is 17.6. The zero-order valence-corrected chi connectivity index (χ0v) is 12.1. The van der Waals surface area contributed by atoms with Gasteiger partial charge >= 0.3 is 6.00 Å². The summed E-state index contributed by atoms with van der Waals surface area (Å²) in [5, 5.41) is 0.772. The Balaban J connectivity index is 2.82. The molecule has 0 saturated carbocycles. The van der Waals surface area contributed by atoms with Crippen molar-refractivity contribution in [1.29, 1.82) is 0 Å². The second-order valence-electron chi connectivity index (χ2n) is 4.24. The molecular weight excluding hydrogens is 271 g/mol. The van der Waals surface area contributed by atoms with Crippen molar-refractivity contribution in [3.05, 3.63) is 24.3 Å². The third-order valence-corrected chi connectivity index (χ3v) is 4.56. The van der Waals surface area contributed by atoms with Crippen molar-refractivity contribution in [2.24, 2.45) is 0 Å². The number of hydrogen-bond acceptors (Lipinski definition) is 1. The van der Waals surface area contributed by atoms with Crippen LogP contribution in [0.15, 0.2) is 24.3 Å². The van der Waals surface area contributed by atoms with Crippen LogP contribution in [0.4, 0.5) is 0 Å². The molecule has 0 bridgehead atoms. The molecule has 0 N–H and O–H groups in total. The molecule has 0 amide bonds. The lowest BCUT2D eigenvalue weighted by atomic mass is 10.2. The maximum Gasteiger partial charge on any atom is 0.372 e. The lowest BCUT2D eigenvalue weighted by molar-refractivity contribution is 0.131. The first-order valence-corrected chi connectivity index (χ1v) is 9.58. The fraction of sp³-hybridized carbons (Fsp3) is 0.400. The van der Waals surface area contributed by atoms with Crippen LogP contribution >= 0.6 is 33.2 Å². The summed E-state index contributed by atoms with van der Waals surface area (Å²) in [5.74, 6) is 0.787. The van der Waals surface area contributed by atoms with Crippen LogP contribution in [0, 0.1) is 0 Å². The Kier molecular flexibility index (Phi) is 3.99. The lowest BCUT2D eigenvalue weighted by Crippen LogP contribution is -2.30. The highest BCUT2D eigenvalue weighted by atomic mass is 35.8. The lowest BCUT2D eigenvalue weighted by Gasteiger charge is -2.21. The normalized spacial score (nSPS) is 12.7. The molecule has 0 radical (unpaired) electrons. The third-order valence-electron chi connectivity index (χ3n) is 1.61. The summed E-state index contributed by atoms with van der Waals surface area (Å²) < 4.78 is 5.66. The number of ether oxygens (including phenoxy) is 1. The van der Waals surface area contributed by atoms with Gasteiger partial charge in [-0.05, 0) is 38.1 Å². The van der Waals surface area contributed by atoms with Gasteiger partial charge in [0.05, 0.1) is 0 Å². The van der Waals surface area contributed by atoms with Crippen LogP contribution in [0.3, 0.4) is 0 Å². The largest absolute Gasteiger partial charge is 0.488 e. The summed E-state index contributed by atoms with van der Waals surface area (Å²) in [6.45, 7) is 5.97. The third kappa shape index (κ3) is 4.64. The van der Waals surface area contributed by atoms with E-state index in [-0.39, 0.29) is 5.60 Å². The van der Waals surface area contributed by atoms with Crippen molar-refractivity contribution >= 4 is 44.4 Å². The molecule has 0 unspecified atom stereocenters. The number of hydrogen-bond donors (Lipinski definition) is 0. The molecule has 5 heteroatoms. The van der Waals surface area contributed by atoms with E-state index in [1.807, 2.05) is 32.9 Å². The minimum Gasteiger partial charge on any atom is -0.488 e. The van der Waals surface area contributed by atoms with E-state index in [2.05, 4.69) is 0 Å². The number of benzene rings is 1. The van der Waals surface area contributed by atoms with E-state index in [9.17, 15) is 0 Å². The Hall–Kier alpha value is 0.107. The van der Waals surface area contributed by atoms with Gasteiger partial charge in [0.1, 0.15) is 11.4 Å². The van der Waals surface area contributed by atoms with Crippen molar-refractivity contribution in [3.63, 3.8) is 0 Å². The minimum atomic E-state index is -2.75. The highest BCUT2D eigenvalue weighted by Crippen LogP contribution is 2.22. The average Bonchev–Trinajstić information content (AvgIpc) is 2.00. The minimum absolute atomic E-state index is 0.209. The zero-order valence-electron chi connectivity index (χ0n) is 8.85. The molecular formula is C10H13Cl3OSi. The molecule has 0 aliphatic rings. The molecule has 0 heterocycles. The maximum atomic E-state index is 5.87. The molecule has 1 aromatic carbocycles. The molecule has 1 nitrogen and oxygen atoms in total. The molecule has 0 saturated heterocycles. The van der Waals surface area contributed by atoms with Crippen LogP contribution < -0.4 is 9.92 Å². The standard InChI is InChI=1S/C10H13Cl3OSi/c1-10(2,3)14-8-4-6-9(7-5-8)15(11,12)13/h4-7H,1-3H3. The van der Waals surface area contributed by atoms with Gasteiger partial charge in [-0.25, -0.2) is 0 Å². The number of halogens is 3. The molecule has 0 spiro atoms. The van der Waals surface area contributed by atoms with Crippen molar-refractivity contribution in [1.82, 2.24) is 0 Å². The second kappa shape index (κ2) is 4.54. The van der Waals surface area contributed by atoms with Crippen molar-refractivity contribution < 1.29 is 4.74 Å². The fourth-order valence-electron chi connectivity index (χ4n) is 1.07. The summed E-state index contributed by atoms with van der Waals surface area (Å²) in [6, 6.07) is 4.52. The highest BCUT2D eigenvalue weighted by molar-refractivity contribution is 7.69. The van der Waals surface area contributed by atoms with Crippen LogP contribution in [0.25, 0.3) is 0 Å². The van der Waals surface area contributed by atoms with E-state index in [4.69, 9.17) is 38.0 Å². The number of rotatable bonds is 2. The zero-order chi connectivity index (χ0) is 11.7. The van der Waals surface area contributed by atoms with Gasteiger partial charge in [-0.15, -0.1) is 33.2 Å². The van der Waals surface area contributed by atoms with Gasteiger partial charge in [-0.2, -0.15) is 0 Å². The van der Waals surface area contributed by atoms with E-state index in [0.717, 1.165) is 10.9 Å². The first-order valence-electron chi connectivity index (χ1n) is 4.55.